The summed E-state index contributed by atoms with van der Waals surface area (Å²) >= 11 is 0. The first kappa shape index (κ1) is 16.2. The first-order valence-electron chi connectivity index (χ1n) is 7.90. The van der Waals surface area contributed by atoms with E-state index in [1.165, 1.54) is 13.2 Å². The summed E-state index contributed by atoms with van der Waals surface area (Å²) in [5, 5.41) is 0.738. The average Bonchev–Trinajstić information content (AvgIpc) is 3.03. The van der Waals surface area contributed by atoms with E-state index >= 15 is 0 Å². The third kappa shape index (κ3) is 3.04. The zero-order chi connectivity index (χ0) is 17.3. The van der Waals surface area contributed by atoms with Gasteiger partial charge in [-0.2, -0.15) is 0 Å². The molecule has 2 aromatic rings. The number of hydrogen-bond acceptors (Lipinski definition) is 5. The van der Waals surface area contributed by atoms with E-state index in [0.29, 0.717) is 24.1 Å². The Balaban J connectivity index is 1.91. The Bertz CT molecular complexity index is 854. The highest BCUT2D eigenvalue weighted by Gasteiger charge is 2.34. The minimum absolute atomic E-state index is 0.0542. The van der Waals surface area contributed by atoms with E-state index in [2.05, 4.69) is 0 Å². The van der Waals surface area contributed by atoms with E-state index in [-0.39, 0.29) is 12.3 Å². The highest BCUT2D eigenvalue weighted by atomic mass is 16.5. The van der Waals surface area contributed by atoms with Crippen LogP contribution in [0.15, 0.2) is 33.5 Å². The van der Waals surface area contributed by atoms with Crippen LogP contribution in [0.4, 0.5) is 0 Å². The Hall–Kier alpha value is -2.63. The normalized spacial score (nSPS) is 17.2. The van der Waals surface area contributed by atoms with Crippen molar-refractivity contribution in [3.05, 3.63) is 45.8 Å². The molecule has 1 atom stereocenters. The predicted octanol–water partition coefficient (Wildman–Crippen LogP) is 1.81. The van der Waals surface area contributed by atoms with Gasteiger partial charge in [0.1, 0.15) is 11.6 Å². The van der Waals surface area contributed by atoms with E-state index in [0.717, 1.165) is 17.4 Å². The molecule has 0 bridgehead atoms. The van der Waals surface area contributed by atoms with Crippen LogP contribution in [0.1, 0.15) is 24.0 Å². The molecule has 0 unspecified atom stereocenters. The van der Waals surface area contributed by atoms with Gasteiger partial charge in [-0.25, -0.2) is 9.59 Å². The fourth-order valence-corrected chi connectivity index (χ4v) is 3.19. The van der Waals surface area contributed by atoms with Crippen molar-refractivity contribution in [2.45, 2.75) is 32.2 Å². The summed E-state index contributed by atoms with van der Waals surface area (Å²) < 4.78 is 9.98. The zero-order valence-electron chi connectivity index (χ0n) is 13.7. The number of amides is 1. The molecule has 3 rings (SSSR count). The topological polar surface area (TPSA) is 76.8 Å². The van der Waals surface area contributed by atoms with Crippen LogP contribution in [0.25, 0.3) is 11.0 Å². The van der Waals surface area contributed by atoms with Gasteiger partial charge in [0.05, 0.1) is 13.5 Å². The first-order chi connectivity index (χ1) is 11.5. The van der Waals surface area contributed by atoms with Crippen LogP contribution < -0.4 is 5.63 Å². The fourth-order valence-electron chi connectivity index (χ4n) is 3.19. The number of esters is 1. The number of benzene rings is 1. The molecule has 1 fully saturated rings. The lowest BCUT2D eigenvalue weighted by Gasteiger charge is -2.22. The molecular weight excluding hydrogens is 310 g/mol. The molecule has 1 saturated heterocycles. The van der Waals surface area contributed by atoms with Gasteiger partial charge in [-0.05, 0) is 37.0 Å². The number of likely N-dealkylation sites (tertiary alicyclic amines) is 1. The molecule has 6 nitrogen and oxygen atoms in total. The first-order valence-corrected chi connectivity index (χ1v) is 7.90. The van der Waals surface area contributed by atoms with E-state index in [1.807, 2.05) is 19.1 Å². The van der Waals surface area contributed by atoms with Gasteiger partial charge in [0.15, 0.2) is 0 Å². The largest absolute Gasteiger partial charge is 0.467 e. The lowest BCUT2D eigenvalue weighted by atomic mass is 10.0. The van der Waals surface area contributed by atoms with Crippen molar-refractivity contribution >= 4 is 22.8 Å². The second-order valence-corrected chi connectivity index (χ2v) is 6.04. The van der Waals surface area contributed by atoms with Gasteiger partial charge in [-0.15, -0.1) is 0 Å². The molecule has 126 valence electrons. The van der Waals surface area contributed by atoms with Crippen LogP contribution in [0.3, 0.4) is 0 Å². The molecule has 0 spiro atoms. The quantitative estimate of drug-likeness (QED) is 0.634. The highest BCUT2D eigenvalue weighted by Crippen LogP contribution is 2.23. The van der Waals surface area contributed by atoms with E-state index in [1.54, 1.807) is 11.0 Å². The number of fused-ring (bicyclic) bond motifs is 1. The maximum Gasteiger partial charge on any atom is 0.336 e. The number of methoxy groups -OCH3 is 1. The second-order valence-electron chi connectivity index (χ2n) is 6.04. The lowest BCUT2D eigenvalue weighted by Crippen LogP contribution is -2.41. The van der Waals surface area contributed by atoms with Crippen molar-refractivity contribution in [2.75, 3.05) is 13.7 Å². The fraction of sp³-hybridized carbons (Fsp3) is 0.389. The van der Waals surface area contributed by atoms with Crippen LogP contribution >= 0.6 is 0 Å². The van der Waals surface area contributed by atoms with Crippen molar-refractivity contribution in [3.63, 3.8) is 0 Å². The number of carbonyl (C=O) groups excluding carboxylic acids is 2. The van der Waals surface area contributed by atoms with Gasteiger partial charge in [-0.1, -0.05) is 12.1 Å². The van der Waals surface area contributed by atoms with Crippen molar-refractivity contribution in [2.24, 2.45) is 0 Å². The summed E-state index contributed by atoms with van der Waals surface area (Å²) in [4.78, 5) is 37.8. The molecule has 1 aliphatic heterocycles. The number of carbonyl (C=O) groups is 2. The van der Waals surface area contributed by atoms with Crippen molar-refractivity contribution < 1.29 is 18.7 Å². The van der Waals surface area contributed by atoms with E-state index in [4.69, 9.17) is 9.15 Å². The molecular formula is C18H19NO5. The standard InChI is InChI=1S/C18H19NO5/c1-11-5-6-13-12(10-17(21)24-15(13)8-11)9-16(20)19-7-3-4-14(19)18(22)23-2/h5-6,8,10,14H,3-4,7,9H2,1-2H3/t14-/m0/s1. The van der Waals surface area contributed by atoms with E-state index in [9.17, 15) is 14.4 Å². The van der Waals surface area contributed by atoms with Crippen LogP contribution in [0.2, 0.25) is 0 Å². The second kappa shape index (κ2) is 6.47. The van der Waals surface area contributed by atoms with Gasteiger partial charge in [0, 0.05) is 18.0 Å². The zero-order valence-corrected chi connectivity index (χ0v) is 13.7. The van der Waals surface area contributed by atoms with Crippen molar-refractivity contribution in [3.8, 4) is 0 Å². The average molecular weight is 329 g/mol. The van der Waals surface area contributed by atoms with Crippen LogP contribution in [-0.2, 0) is 20.7 Å². The minimum atomic E-state index is -0.531. The lowest BCUT2D eigenvalue weighted by molar-refractivity contribution is -0.150. The monoisotopic (exact) mass is 329 g/mol. The Morgan fingerprint density at radius 3 is 2.88 bits per heavy atom. The number of aryl methyl sites for hydroxylation is 1. The molecule has 6 heteroatoms. The van der Waals surface area contributed by atoms with Crippen LogP contribution in [0.5, 0.6) is 0 Å². The Labute approximate surface area is 139 Å². The van der Waals surface area contributed by atoms with Gasteiger partial charge >= 0.3 is 11.6 Å². The maximum absolute atomic E-state index is 12.7. The molecule has 0 radical (unpaired) electrons. The van der Waals surface area contributed by atoms with Crippen LogP contribution in [0, 0.1) is 6.92 Å². The van der Waals surface area contributed by atoms with Gasteiger partial charge in [0.25, 0.3) is 0 Å². The molecule has 0 saturated carbocycles. The summed E-state index contributed by atoms with van der Waals surface area (Å²) in [5.41, 5.74) is 1.57. The summed E-state index contributed by atoms with van der Waals surface area (Å²) in [5.74, 6) is -0.579. The van der Waals surface area contributed by atoms with Gasteiger partial charge in [-0.3, -0.25) is 4.79 Å². The summed E-state index contributed by atoms with van der Waals surface area (Å²) in [6.45, 7) is 2.43. The van der Waals surface area contributed by atoms with Crippen molar-refractivity contribution in [1.29, 1.82) is 0 Å². The molecule has 1 aliphatic rings. The van der Waals surface area contributed by atoms with Gasteiger partial charge < -0.3 is 14.1 Å². The van der Waals surface area contributed by atoms with Crippen LogP contribution in [-0.4, -0.2) is 36.5 Å². The molecule has 1 amide bonds. The molecule has 1 aromatic heterocycles. The molecule has 2 heterocycles. The maximum atomic E-state index is 12.7. The van der Waals surface area contributed by atoms with Crippen molar-refractivity contribution in [1.82, 2.24) is 4.90 Å². The highest BCUT2D eigenvalue weighted by molar-refractivity contribution is 5.90. The Morgan fingerprint density at radius 2 is 2.12 bits per heavy atom. The molecule has 1 aromatic carbocycles. The third-order valence-electron chi connectivity index (χ3n) is 4.37. The number of rotatable bonds is 3. The predicted molar refractivity (Wildman–Crippen MR) is 87.7 cm³/mol. The number of hydrogen-bond donors (Lipinski definition) is 0. The SMILES string of the molecule is COC(=O)[C@@H]1CCCN1C(=O)Cc1cc(=O)oc2cc(C)ccc12. The number of ether oxygens (including phenoxy) is 1. The van der Waals surface area contributed by atoms with E-state index < -0.39 is 17.6 Å². The van der Waals surface area contributed by atoms with Gasteiger partial charge in [0.2, 0.25) is 5.91 Å². The third-order valence-corrected chi connectivity index (χ3v) is 4.37. The number of nitrogens with zero attached hydrogens (tertiary/aromatic N) is 1. The summed E-state index contributed by atoms with van der Waals surface area (Å²) in [7, 11) is 1.32. The minimum Gasteiger partial charge on any atom is -0.467 e. The smallest absolute Gasteiger partial charge is 0.336 e. The molecule has 0 N–H and O–H groups in total. The Kier molecular flexibility index (Phi) is 4.38. The summed E-state index contributed by atoms with van der Waals surface area (Å²) in [6, 6.07) is 6.34. The Morgan fingerprint density at radius 1 is 1.33 bits per heavy atom. The summed E-state index contributed by atoms with van der Waals surface area (Å²) in [6.07, 6.45) is 1.43. The molecule has 24 heavy (non-hydrogen) atoms. The molecule has 0 aliphatic carbocycles.